The molecule has 0 unspecified atom stereocenters. The van der Waals surface area contributed by atoms with E-state index in [4.69, 9.17) is 4.52 Å². The quantitative estimate of drug-likeness (QED) is 0.785. The molecule has 110 valence electrons. The van der Waals surface area contributed by atoms with Crippen LogP contribution in [0, 0.1) is 0 Å². The first-order valence-electron chi connectivity index (χ1n) is 7.02. The van der Waals surface area contributed by atoms with Crippen LogP contribution >= 0.6 is 0 Å². The van der Waals surface area contributed by atoms with Crippen molar-refractivity contribution >= 4 is 5.91 Å². The fourth-order valence-electron chi connectivity index (χ4n) is 2.08. The molecule has 0 bridgehead atoms. The number of hydrogen-bond acceptors (Lipinski definition) is 4. The summed E-state index contributed by atoms with van der Waals surface area (Å²) in [7, 11) is 0. The largest absolute Gasteiger partial charge is 0.356 e. The number of hydrogen-bond donors (Lipinski definition) is 1. The summed E-state index contributed by atoms with van der Waals surface area (Å²) in [5.74, 6) is 0.616. The molecule has 0 atom stereocenters. The Morgan fingerprint density at radius 2 is 1.86 bits per heavy atom. The lowest BCUT2D eigenvalue weighted by molar-refractivity contribution is 0.0954. The molecule has 0 aliphatic heterocycles. The lowest BCUT2D eigenvalue weighted by Crippen LogP contribution is -2.25. The van der Waals surface area contributed by atoms with Crippen molar-refractivity contribution in [2.24, 2.45) is 0 Å². The normalized spacial score (nSPS) is 10.4. The SMILES string of the molecule is O=C(NCCc1cc(-c2ccccc2)on1)c1ccncc1. The second kappa shape index (κ2) is 6.67. The summed E-state index contributed by atoms with van der Waals surface area (Å²) in [5, 5.41) is 6.87. The fourth-order valence-corrected chi connectivity index (χ4v) is 2.08. The van der Waals surface area contributed by atoms with Crippen LogP contribution < -0.4 is 5.32 Å². The number of aromatic nitrogens is 2. The monoisotopic (exact) mass is 293 g/mol. The van der Waals surface area contributed by atoms with E-state index in [1.54, 1.807) is 24.5 Å². The maximum absolute atomic E-state index is 11.9. The van der Waals surface area contributed by atoms with Gasteiger partial charge in [-0.25, -0.2) is 0 Å². The van der Waals surface area contributed by atoms with Crippen molar-refractivity contribution in [3.63, 3.8) is 0 Å². The molecular formula is C17H15N3O2. The van der Waals surface area contributed by atoms with Crippen molar-refractivity contribution in [3.8, 4) is 11.3 Å². The lowest BCUT2D eigenvalue weighted by Gasteiger charge is -2.02. The van der Waals surface area contributed by atoms with Crippen molar-refractivity contribution in [3.05, 3.63) is 72.2 Å². The van der Waals surface area contributed by atoms with Gasteiger partial charge in [0.25, 0.3) is 5.91 Å². The Balaban J connectivity index is 1.55. The first-order chi connectivity index (χ1) is 10.8. The predicted octanol–water partition coefficient (Wildman–Crippen LogP) is 2.71. The summed E-state index contributed by atoms with van der Waals surface area (Å²) in [6, 6.07) is 15.0. The molecule has 5 nitrogen and oxygen atoms in total. The Hall–Kier alpha value is -2.95. The van der Waals surface area contributed by atoms with E-state index in [1.807, 2.05) is 36.4 Å². The van der Waals surface area contributed by atoms with Gasteiger partial charge in [0, 0.05) is 42.6 Å². The van der Waals surface area contributed by atoms with Crippen molar-refractivity contribution in [1.29, 1.82) is 0 Å². The van der Waals surface area contributed by atoms with Gasteiger partial charge in [-0.1, -0.05) is 35.5 Å². The maximum atomic E-state index is 11.9. The predicted molar refractivity (Wildman–Crippen MR) is 82.2 cm³/mol. The highest BCUT2D eigenvalue weighted by Crippen LogP contribution is 2.19. The first-order valence-corrected chi connectivity index (χ1v) is 7.02. The third-order valence-corrected chi connectivity index (χ3v) is 3.23. The van der Waals surface area contributed by atoms with Crippen LogP contribution in [-0.4, -0.2) is 22.6 Å². The zero-order chi connectivity index (χ0) is 15.2. The Morgan fingerprint density at radius 3 is 2.64 bits per heavy atom. The van der Waals surface area contributed by atoms with Crippen LogP contribution in [-0.2, 0) is 6.42 Å². The van der Waals surface area contributed by atoms with Gasteiger partial charge in [-0.3, -0.25) is 9.78 Å². The summed E-state index contributed by atoms with van der Waals surface area (Å²) >= 11 is 0. The van der Waals surface area contributed by atoms with Gasteiger partial charge < -0.3 is 9.84 Å². The van der Waals surface area contributed by atoms with Gasteiger partial charge in [0.2, 0.25) is 0 Å². The number of rotatable bonds is 5. The van der Waals surface area contributed by atoms with Gasteiger partial charge in [-0.15, -0.1) is 0 Å². The molecule has 0 saturated heterocycles. The van der Waals surface area contributed by atoms with E-state index >= 15 is 0 Å². The zero-order valence-electron chi connectivity index (χ0n) is 11.9. The number of carbonyl (C=O) groups excluding carboxylic acids is 1. The van der Waals surface area contributed by atoms with Crippen LogP contribution in [0.5, 0.6) is 0 Å². The minimum atomic E-state index is -0.117. The van der Waals surface area contributed by atoms with Gasteiger partial charge in [0.1, 0.15) is 0 Å². The van der Waals surface area contributed by atoms with Crippen LogP contribution in [0.4, 0.5) is 0 Å². The number of nitrogens with one attached hydrogen (secondary N) is 1. The molecule has 3 aromatic rings. The molecule has 0 aliphatic rings. The van der Waals surface area contributed by atoms with Crippen LogP contribution in [0.25, 0.3) is 11.3 Å². The Bertz CT molecular complexity index is 739. The maximum Gasteiger partial charge on any atom is 0.251 e. The third-order valence-electron chi connectivity index (χ3n) is 3.23. The molecule has 3 rings (SSSR count). The van der Waals surface area contributed by atoms with E-state index in [9.17, 15) is 4.79 Å². The Kier molecular flexibility index (Phi) is 4.25. The van der Waals surface area contributed by atoms with Gasteiger partial charge >= 0.3 is 0 Å². The molecule has 1 N–H and O–H groups in total. The Morgan fingerprint density at radius 1 is 1.09 bits per heavy atom. The second-order valence-corrected chi connectivity index (χ2v) is 4.79. The lowest BCUT2D eigenvalue weighted by atomic mass is 10.1. The summed E-state index contributed by atoms with van der Waals surface area (Å²) in [6.07, 6.45) is 3.81. The fraction of sp³-hybridized carbons (Fsp3) is 0.118. The number of benzene rings is 1. The van der Waals surface area contributed by atoms with E-state index in [1.165, 1.54) is 0 Å². The van der Waals surface area contributed by atoms with E-state index in [0.29, 0.717) is 18.5 Å². The van der Waals surface area contributed by atoms with Gasteiger partial charge in [-0.2, -0.15) is 0 Å². The minimum Gasteiger partial charge on any atom is -0.356 e. The third kappa shape index (κ3) is 3.38. The van der Waals surface area contributed by atoms with Crippen LogP contribution in [0.15, 0.2) is 65.4 Å². The molecule has 22 heavy (non-hydrogen) atoms. The highest BCUT2D eigenvalue weighted by atomic mass is 16.5. The van der Waals surface area contributed by atoms with Crippen LogP contribution in [0.1, 0.15) is 16.1 Å². The van der Waals surface area contributed by atoms with Gasteiger partial charge in [0.05, 0.1) is 5.69 Å². The van der Waals surface area contributed by atoms with Gasteiger partial charge in [0.15, 0.2) is 5.76 Å². The van der Waals surface area contributed by atoms with Crippen LogP contribution in [0.2, 0.25) is 0 Å². The van der Waals surface area contributed by atoms with E-state index in [0.717, 1.165) is 17.0 Å². The molecule has 1 aromatic carbocycles. The summed E-state index contributed by atoms with van der Waals surface area (Å²) < 4.78 is 5.32. The van der Waals surface area contributed by atoms with E-state index in [-0.39, 0.29) is 5.91 Å². The molecule has 0 radical (unpaired) electrons. The number of nitrogens with zero attached hydrogens (tertiary/aromatic N) is 2. The average molecular weight is 293 g/mol. The molecule has 0 spiro atoms. The zero-order valence-corrected chi connectivity index (χ0v) is 11.9. The van der Waals surface area contributed by atoms with Crippen LogP contribution in [0.3, 0.4) is 0 Å². The van der Waals surface area contributed by atoms with Crippen molar-refractivity contribution in [1.82, 2.24) is 15.5 Å². The van der Waals surface area contributed by atoms with Gasteiger partial charge in [-0.05, 0) is 12.1 Å². The molecule has 0 aliphatic carbocycles. The molecule has 2 heterocycles. The van der Waals surface area contributed by atoms with Crippen molar-refractivity contribution in [2.45, 2.75) is 6.42 Å². The molecular weight excluding hydrogens is 278 g/mol. The summed E-state index contributed by atoms with van der Waals surface area (Å²) in [6.45, 7) is 0.502. The van der Waals surface area contributed by atoms with E-state index < -0.39 is 0 Å². The average Bonchev–Trinajstić information content (AvgIpc) is 3.05. The minimum absolute atomic E-state index is 0.117. The molecule has 2 aromatic heterocycles. The Labute approximate surface area is 128 Å². The van der Waals surface area contributed by atoms with Crippen molar-refractivity contribution < 1.29 is 9.32 Å². The molecule has 0 fully saturated rings. The summed E-state index contributed by atoms with van der Waals surface area (Å²) in [4.78, 5) is 15.8. The number of amides is 1. The smallest absolute Gasteiger partial charge is 0.251 e. The topological polar surface area (TPSA) is 68.0 Å². The molecule has 5 heteroatoms. The van der Waals surface area contributed by atoms with Crippen molar-refractivity contribution in [2.75, 3.05) is 6.54 Å². The second-order valence-electron chi connectivity index (χ2n) is 4.79. The standard InChI is InChI=1S/C17H15N3O2/c21-17(14-6-9-18-10-7-14)19-11-8-15-12-16(22-20-15)13-4-2-1-3-5-13/h1-7,9-10,12H,8,11H2,(H,19,21). The highest BCUT2D eigenvalue weighted by molar-refractivity contribution is 5.93. The first kappa shape index (κ1) is 14.0. The van der Waals surface area contributed by atoms with E-state index in [2.05, 4.69) is 15.5 Å². The highest BCUT2D eigenvalue weighted by Gasteiger charge is 2.08. The summed E-state index contributed by atoms with van der Waals surface area (Å²) in [5.41, 5.74) is 2.40. The molecule has 0 saturated carbocycles. The number of pyridine rings is 1. The number of carbonyl (C=O) groups is 1. The molecule has 1 amide bonds.